The Morgan fingerprint density at radius 2 is 1.96 bits per heavy atom. The lowest BCUT2D eigenvalue weighted by Gasteiger charge is -2.33. The Balaban J connectivity index is 1.27. The average molecular weight is 401 g/mol. The Bertz CT molecular complexity index is 707. The van der Waals surface area contributed by atoms with Gasteiger partial charge in [0.2, 0.25) is 0 Å². The van der Waals surface area contributed by atoms with Crippen LogP contribution < -0.4 is 20.3 Å². The lowest BCUT2D eigenvalue weighted by atomic mass is 10.1. The van der Waals surface area contributed by atoms with E-state index in [-0.39, 0.29) is 0 Å². The van der Waals surface area contributed by atoms with Crippen molar-refractivity contribution in [3.8, 4) is 5.75 Å². The summed E-state index contributed by atoms with van der Waals surface area (Å²) in [4.78, 5) is 6.86. The molecule has 0 spiro atoms. The molecule has 1 fully saturated rings. The maximum atomic E-state index is 5.78. The maximum absolute atomic E-state index is 5.78. The summed E-state index contributed by atoms with van der Waals surface area (Å²) < 4.78 is 5.78. The number of aryl methyl sites for hydroxylation is 1. The number of piperidine rings is 1. The SMILES string of the molecule is CN=C(NCCCCOc1ccc(C)cc1)NC1CCN(c2cccs2)CC1. The summed E-state index contributed by atoms with van der Waals surface area (Å²) in [6, 6.07) is 13.1. The molecule has 1 aliphatic heterocycles. The van der Waals surface area contributed by atoms with Crippen molar-refractivity contribution in [1.29, 1.82) is 0 Å². The quantitative estimate of drug-likeness (QED) is 0.399. The highest BCUT2D eigenvalue weighted by molar-refractivity contribution is 7.14. The Morgan fingerprint density at radius 1 is 1.18 bits per heavy atom. The van der Waals surface area contributed by atoms with Gasteiger partial charge in [-0.2, -0.15) is 0 Å². The predicted octanol–water partition coefficient (Wildman–Crippen LogP) is 4.05. The molecule has 0 atom stereocenters. The minimum absolute atomic E-state index is 0.493. The molecular formula is C22H32N4OS. The third-order valence-electron chi connectivity index (χ3n) is 5.03. The van der Waals surface area contributed by atoms with Crippen molar-refractivity contribution in [3.63, 3.8) is 0 Å². The van der Waals surface area contributed by atoms with Crippen LogP contribution in [0.3, 0.4) is 0 Å². The summed E-state index contributed by atoms with van der Waals surface area (Å²) in [5.41, 5.74) is 1.26. The van der Waals surface area contributed by atoms with Crippen molar-refractivity contribution in [2.75, 3.05) is 38.2 Å². The van der Waals surface area contributed by atoms with Gasteiger partial charge >= 0.3 is 0 Å². The first-order valence-electron chi connectivity index (χ1n) is 10.2. The predicted molar refractivity (Wildman–Crippen MR) is 120 cm³/mol. The van der Waals surface area contributed by atoms with Crippen LogP contribution in [0.15, 0.2) is 46.8 Å². The number of hydrogen-bond donors (Lipinski definition) is 2. The van der Waals surface area contributed by atoms with Crippen LogP contribution in [0.25, 0.3) is 0 Å². The normalized spacial score (nSPS) is 15.5. The Labute approximate surface area is 172 Å². The first-order valence-corrected chi connectivity index (χ1v) is 11.1. The molecule has 0 saturated carbocycles. The molecule has 0 radical (unpaired) electrons. The number of nitrogens with one attached hydrogen (secondary N) is 2. The largest absolute Gasteiger partial charge is 0.494 e. The van der Waals surface area contributed by atoms with Gasteiger partial charge in [0, 0.05) is 32.7 Å². The number of nitrogens with zero attached hydrogens (tertiary/aromatic N) is 2. The van der Waals surface area contributed by atoms with E-state index in [1.807, 2.05) is 30.5 Å². The molecule has 1 saturated heterocycles. The van der Waals surface area contributed by atoms with Gasteiger partial charge < -0.3 is 20.3 Å². The van der Waals surface area contributed by atoms with Crippen molar-refractivity contribution in [3.05, 3.63) is 47.3 Å². The maximum Gasteiger partial charge on any atom is 0.191 e. The van der Waals surface area contributed by atoms with Crippen LogP contribution in [0.2, 0.25) is 0 Å². The molecule has 2 aromatic rings. The minimum atomic E-state index is 0.493. The Kier molecular flexibility index (Phi) is 8.03. The van der Waals surface area contributed by atoms with E-state index in [9.17, 15) is 0 Å². The third-order valence-corrected chi connectivity index (χ3v) is 5.96. The Hall–Kier alpha value is -2.21. The lowest BCUT2D eigenvalue weighted by Crippen LogP contribution is -2.48. The zero-order valence-electron chi connectivity index (χ0n) is 17.0. The van der Waals surface area contributed by atoms with Crippen LogP contribution in [-0.2, 0) is 0 Å². The topological polar surface area (TPSA) is 48.9 Å². The first kappa shape index (κ1) is 20.5. The number of rotatable bonds is 8. The lowest BCUT2D eigenvalue weighted by molar-refractivity contribution is 0.307. The number of hydrogen-bond acceptors (Lipinski definition) is 4. The summed E-state index contributed by atoms with van der Waals surface area (Å²) in [6.07, 6.45) is 4.37. The highest BCUT2D eigenvalue weighted by atomic mass is 32.1. The molecule has 2 heterocycles. The molecule has 1 aromatic heterocycles. The molecule has 152 valence electrons. The molecule has 6 heteroatoms. The molecule has 2 N–H and O–H groups in total. The van der Waals surface area contributed by atoms with E-state index in [4.69, 9.17) is 4.74 Å². The summed E-state index contributed by atoms with van der Waals surface area (Å²) in [5, 5.41) is 10.5. The van der Waals surface area contributed by atoms with Crippen LogP contribution in [0.4, 0.5) is 5.00 Å². The first-order chi connectivity index (χ1) is 13.7. The fourth-order valence-corrected chi connectivity index (χ4v) is 4.13. The summed E-state index contributed by atoms with van der Waals surface area (Å²) in [5.74, 6) is 1.86. The number of aliphatic imine (C=N–C) groups is 1. The summed E-state index contributed by atoms with van der Waals surface area (Å²) in [7, 11) is 1.84. The van der Waals surface area contributed by atoms with E-state index in [2.05, 4.69) is 57.1 Å². The van der Waals surface area contributed by atoms with Crippen molar-refractivity contribution in [2.45, 2.75) is 38.6 Å². The van der Waals surface area contributed by atoms with Crippen LogP contribution in [0, 0.1) is 6.92 Å². The fourth-order valence-electron chi connectivity index (χ4n) is 3.34. The molecule has 5 nitrogen and oxygen atoms in total. The van der Waals surface area contributed by atoms with Gasteiger partial charge in [-0.1, -0.05) is 17.7 Å². The molecule has 0 unspecified atom stereocenters. The van der Waals surface area contributed by atoms with E-state index in [1.165, 1.54) is 10.6 Å². The number of unbranched alkanes of at least 4 members (excludes halogenated alkanes) is 1. The number of ether oxygens (including phenoxy) is 1. The second-order valence-electron chi connectivity index (χ2n) is 7.22. The van der Waals surface area contributed by atoms with E-state index in [1.54, 1.807) is 0 Å². The number of anilines is 1. The molecule has 3 rings (SSSR count). The molecular weight excluding hydrogens is 368 g/mol. The molecule has 0 aliphatic carbocycles. The van der Waals surface area contributed by atoms with Crippen LogP contribution in [-0.4, -0.2) is 45.3 Å². The zero-order valence-corrected chi connectivity index (χ0v) is 17.8. The molecule has 1 aliphatic rings. The smallest absolute Gasteiger partial charge is 0.191 e. The van der Waals surface area contributed by atoms with Crippen LogP contribution >= 0.6 is 11.3 Å². The summed E-state index contributed by atoms with van der Waals surface area (Å²) >= 11 is 1.82. The van der Waals surface area contributed by atoms with E-state index >= 15 is 0 Å². The van der Waals surface area contributed by atoms with E-state index < -0.39 is 0 Å². The highest BCUT2D eigenvalue weighted by Gasteiger charge is 2.20. The van der Waals surface area contributed by atoms with Gasteiger partial charge in [-0.3, -0.25) is 4.99 Å². The van der Waals surface area contributed by atoms with Crippen molar-refractivity contribution in [1.82, 2.24) is 10.6 Å². The standard InChI is InChI=1S/C22H32N4OS/c1-18-7-9-20(10-8-18)27-16-4-3-13-24-22(23-2)25-19-11-14-26(15-12-19)21-6-5-17-28-21/h5-10,17,19H,3-4,11-16H2,1-2H3,(H2,23,24,25). The highest BCUT2D eigenvalue weighted by Crippen LogP contribution is 2.24. The zero-order chi connectivity index (χ0) is 19.6. The molecule has 0 amide bonds. The number of thiophene rings is 1. The van der Waals surface area contributed by atoms with Gasteiger partial charge in [0.1, 0.15) is 5.75 Å². The van der Waals surface area contributed by atoms with Crippen molar-refractivity contribution in [2.24, 2.45) is 4.99 Å². The van der Waals surface area contributed by atoms with E-state index in [0.717, 1.165) is 63.6 Å². The van der Waals surface area contributed by atoms with Crippen molar-refractivity contribution < 1.29 is 4.74 Å². The Morgan fingerprint density at radius 3 is 2.64 bits per heavy atom. The van der Waals surface area contributed by atoms with Crippen molar-refractivity contribution >= 4 is 22.3 Å². The molecule has 28 heavy (non-hydrogen) atoms. The minimum Gasteiger partial charge on any atom is -0.494 e. The molecule has 1 aromatic carbocycles. The average Bonchev–Trinajstić information content (AvgIpc) is 3.26. The van der Waals surface area contributed by atoms with Crippen LogP contribution in [0.5, 0.6) is 5.75 Å². The number of guanidine groups is 1. The monoisotopic (exact) mass is 400 g/mol. The van der Waals surface area contributed by atoms with Gasteiger partial charge in [-0.05, 0) is 62.3 Å². The summed E-state index contributed by atoms with van der Waals surface area (Å²) in [6.45, 7) is 5.95. The second-order valence-corrected chi connectivity index (χ2v) is 8.15. The van der Waals surface area contributed by atoms with Gasteiger partial charge in [0.15, 0.2) is 5.96 Å². The fraction of sp³-hybridized carbons (Fsp3) is 0.500. The van der Waals surface area contributed by atoms with E-state index in [0.29, 0.717) is 6.04 Å². The van der Waals surface area contributed by atoms with Gasteiger partial charge in [-0.15, -0.1) is 11.3 Å². The van der Waals surface area contributed by atoms with Gasteiger partial charge in [0.05, 0.1) is 11.6 Å². The third kappa shape index (κ3) is 6.44. The van der Waals surface area contributed by atoms with Crippen LogP contribution in [0.1, 0.15) is 31.2 Å². The van der Waals surface area contributed by atoms with Gasteiger partial charge in [0.25, 0.3) is 0 Å². The van der Waals surface area contributed by atoms with Gasteiger partial charge in [-0.25, -0.2) is 0 Å². The molecule has 0 bridgehead atoms. The number of benzene rings is 1. The second kappa shape index (κ2) is 11.0.